The maximum absolute atomic E-state index is 5.65. The van der Waals surface area contributed by atoms with Crippen molar-refractivity contribution < 1.29 is 0 Å². The number of halogens is 1. The van der Waals surface area contributed by atoms with Gasteiger partial charge in [-0.2, -0.15) is 15.0 Å². The summed E-state index contributed by atoms with van der Waals surface area (Å²) in [7, 11) is 0. The van der Waals surface area contributed by atoms with Crippen LogP contribution in [-0.4, -0.2) is 21.5 Å². The topological polar surface area (TPSA) is 76.7 Å². The summed E-state index contributed by atoms with van der Waals surface area (Å²) >= 11 is 5.65. The van der Waals surface area contributed by atoms with Crippen molar-refractivity contribution in [3.8, 4) is 0 Å². The summed E-state index contributed by atoms with van der Waals surface area (Å²) < 4.78 is 0. The minimum atomic E-state index is 0.122. The number of unbranched alkanes of at least 4 members (excludes halogenated alkanes) is 1. The van der Waals surface area contributed by atoms with Crippen LogP contribution < -0.4 is 11.1 Å². The highest BCUT2D eigenvalue weighted by Gasteiger charge is 2.01. The molecule has 0 fully saturated rings. The lowest BCUT2D eigenvalue weighted by molar-refractivity contribution is 0.544. The maximum Gasteiger partial charge on any atom is 0.228 e. The number of rotatable bonds is 6. The number of hydrogen-bond donors (Lipinski definition) is 2. The lowest BCUT2D eigenvalue weighted by Crippen LogP contribution is -2.08. The summed E-state index contributed by atoms with van der Waals surface area (Å²) in [5, 5.41) is 3.20. The maximum atomic E-state index is 5.65. The van der Waals surface area contributed by atoms with Crippen LogP contribution in [0.25, 0.3) is 0 Å². The SMILES string of the molecule is CC(C)CCCCNc1nc(N)nc(Cl)n1. The van der Waals surface area contributed by atoms with Gasteiger partial charge in [0.1, 0.15) is 0 Å². The van der Waals surface area contributed by atoms with Gasteiger partial charge in [-0.05, 0) is 23.9 Å². The van der Waals surface area contributed by atoms with E-state index in [1.165, 1.54) is 12.8 Å². The Hall–Kier alpha value is -1.10. The van der Waals surface area contributed by atoms with Gasteiger partial charge in [0.15, 0.2) is 0 Å². The molecule has 0 amide bonds. The van der Waals surface area contributed by atoms with Crippen LogP contribution >= 0.6 is 11.6 Å². The molecule has 16 heavy (non-hydrogen) atoms. The monoisotopic (exact) mass is 243 g/mol. The normalized spacial score (nSPS) is 10.8. The Morgan fingerprint density at radius 1 is 1.25 bits per heavy atom. The first-order valence-corrected chi connectivity index (χ1v) is 5.86. The molecular weight excluding hydrogens is 226 g/mol. The summed E-state index contributed by atoms with van der Waals surface area (Å²) in [5.74, 6) is 1.34. The van der Waals surface area contributed by atoms with E-state index in [0.717, 1.165) is 18.9 Å². The van der Waals surface area contributed by atoms with Crippen LogP contribution in [0, 0.1) is 5.92 Å². The summed E-state index contributed by atoms with van der Waals surface area (Å²) in [6, 6.07) is 0. The van der Waals surface area contributed by atoms with Crippen molar-refractivity contribution in [2.75, 3.05) is 17.6 Å². The average molecular weight is 244 g/mol. The van der Waals surface area contributed by atoms with Crippen molar-refractivity contribution in [1.82, 2.24) is 15.0 Å². The first kappa shape index (κ1) is 13.0. The van der Waals surface area contributed by atoms with Crippen molar-refractivity contribution in [3.63, 3.8) is 0 Å². The summed E-state index contributed by atoms with van der Waals surface area (Å²) in [6.45, 7) is 5.27. The molecule has 0 spiro atoms. The quantitative estimate of drug-likeness (QED) is 0.750. The highest BCUT2D eigenvalue weighted by atomic mass is 35.5. The zero-order valence-corrected chi connectivity index (χ0v) is 10.5. The minimum Gasteiger partial charge on any atom is -0.368 e. The molecule has 5 nitrogen and oxygen atoms in total. The van der Waals surface area contributed by atoms with Gasteiger partial charge in [-0.1, -0.05) is 26.7 Å². The smallest absolute Gasteiger partial charge is 0.228 e. The minimum absolute atomic E-state index is 0.122. The molecule has 0 bridgehead atoms. The second kappa shape index (κ2) is 6.48. The number of nitrogens with one attached hydrogen (secondary N) is 1. The van der Waals surface area contributed by atoms with E-state index in [2.05, 4.69) is 34.1 Å². The van der Waals surface area contributed by atoms with Crippen LogP contribution in [0.5, 0.6) is 0 Å². The number of nitrogens with zero attached hydrogens (tertiary/aromatic N) is 3. The third-order valence-corrected chi connectivity index (χ3v) is 2.29. The molecule has 3 N–H and O–H groups in total. The molecule has 1 aromatic rings. The number of nitrogen functional groups attached to an aromatic ring is 1. The van der Waals surface area contributed by atoms with E-state index in [1.807, 2.05) is 0 Å². The van der Waals surface area contributed by atoms with E-state index < -0.39 is 0 Å². The van der Waals surface area contributed by atoms with Gasteiger partial charge in [-0.25, -0.2) is 0 Å². The van der Waals surface area contributed by atoms with Crippen molar-refractivity contribution >= 4 is 23.5 Å². The lowest BCUT2D eigenvalue weighted by atomic mass is 10.1. The van der Waals surface area contributed by atoms with E-state index in [9.17, 15) is 0 Å². The molecular formula is C10H18ClN5. The van der Waals surface area contributed by atoms with Crippen LogP contribution in [0.15, 0.2) is 0 Å². The Morgan fingerprint density at radius 3 is 2.62 bits per heavy atom. The number of hydrogen-bond acceptors (Lipinski definition) is 5. The third kappa shape index (κ3) is 5.11. The van der Waals surface area contributed by atoms with Gasteiger partial charge in [0.05, 0.1) is 0 Å². The van der Waals surface area contributed by atoms with Gasteiger partial charge in [-0.15, -0.1) is 0 Å². The molecule has 0 aliphatic heterocycles. The molecule has 0 radical (unpaired) electrons. The van der Waals surface area contributed by atoms with Gasteiger partial charge in [0.2, 0.25) is 17.2 Å². The van der Waals surface area contributed by atoms with E-state index in [0.29, 0.717) is 5.95 Å². The standard InChI is InChI=1S/C10H18ClN5/c1-7(2)5-3-4-6-13-10-15-8(11)14-9(12)16-10/h7H,3-6H2,1-2H3,(H3,12,13,14,15,16). The van der Waals surface area contributed by atoms with E-state index in [-0.39, 0.29) is 11.2 Å². The Balaban J connectivity index is 2.26. The Kier molecular flexibility index (Phi) is 5.25. The molecule has 0 saturated heterocycles. The number of aromatic nitrogens is 3. The van der Waals surface area contributed by atoms with Crippen molar-refractivity contribution in [1.29, 1.82) is 0 Å². The number of nitrogens with two attached hydrogens (primary N) is 1. The second-order valence-corrected chi connectivity index (χ2v) is 4.44. The molecule has 1 heterocycles. The Morgan fingerprint density at radius 2 is 2.00 bits per heavy atom. The summed E-state index contributed by atoms with van der Waals surface area (Å²) in [6.07, 6.45) is 3.52. The van der Waals surface area contributed by atoms with Crippen molar-refractivity contribution in [3.05, 3.63) is 5.28 Å². The first-order chi connectivity index (χ1) is 7.58. The predicted octanol–water partition coefficient (Wildman–Crippen LogP) is 2.35. The fourth-order valence-electron chi connectivity index (χ4n) is 1.32. The van der Waals surface area contributed by atoms with E-state index in [1.54, 1.807) is 0 Å². The highest BCUT2D eigenvalue weighted by Crippen LogP contribution is 2.08. The molecule has 1 rings (SSSR count). The lowest BCUT2D eigenvalue weighted by Gasteiger charge is -2.06. The molecule has 6 heteroatoms. The largest absolute Gasteiger partial charge is 0.368 e. The molecule has 0 saturated carbocycles. The number of anilines is 2. The molecule has 0 aliphatic carbocycles. The van der Waals surface area contributed by atoms with Gasteiger partial charge in [-0.3, -0.25) is 0 Å². The highest BCUT2D eigenvalue weighted by molar-refractivity contribution is 6.28. The van der Waals surface area contributed by atoms with Crippen molar-refractivity contribution in [2.45, 2.75) is 33.1 Å². The summed E-state index contributed by atoms with van der Waals surface area (Å²) in [4.78, 5) is 11.5. The van der Waals surface area contributed by atoms with Gasteiger partial charge < -0.3 is 11.1 Å². The van der Waals surface area contributed by atoms with Gasteiger partial charge >= 0.3 is 0 Å². The van der Waals surface area contributed by atoms with Crippen LogP contribution in [-0.2, 0) is 0 Å². The van der Waals surface area contributed by atoms with Gasteiger partial charge in [0, 0.05) is 6.54 Å². The van der Waals surface area contributed by atoms with Crippen molar-refractivity contribution in [2.24, 2.45) is 5.92 Å². The molecule has 0 aliphatic rings. The summed E-state index contributed by atoms with van der Waals surface area (Å²) in [5.41, 5.74) is 5.44. The first-order valence-electron chi connectivity index (χ1n) is 5.49. The Bertz CT molecular complexity index is 309. The van der Waals surface area contributed by atoms with Crippen LogP contribution in [0.2, 0.25) is 5.28 Å². The fraction of sp³-hybridized carbons (Fsp3) is 0.700. The van der Waals surface area contributed by atoms with E-state index in [4.69, 9.17) is 17.3 Å². The zero-order valence-electron chi connectivity index (χ0n) is 9.70. The molecule has 0 unspecified atom stereocenters. The average Bonchev–Trinajstić information content (AvgIpc) is 2.15. The van der Waals surface area contributed by atoms with Crippen LogP contribution in [0.4, 0.5) is 11.9 Å². The van der Waals surface area contributed by atoms with Gasteiger partial charge in [0.25, 0.3) is 0 Å². The fourth-order valence-corrected chi connectivity index (χ4v) is 1.49. The van der Waals surface area contributed by atoms with E-state index >= 15 is 0 Å². The molecule has 90 valence electrons. The Labute approximate surface area is 101 Å². The molecule has 0 atom stereocenters. The van der Waals surface area contributed by atoms with Crippen LogP contribution in [0.3, 0.4) is 0 Å². The second-order valence-electron chi connectivity index (χ2n) is 4.10. The molecule has 0 aromatic carbocycles. The zero-order chi connectivity index (χ0) is 12.0. The third-order valence-electron chi connectivity index (χ3n) is 2.12. The molecule has 1 aromatic heterocycles. The predicted molar refractivity (Wildman–Crippen MR) is 66.4 cm³/mol. The van der Waals surface area contributed by atoms with Crippen LogP contribution in [0.1, 0.15) is 33.1 Å².